The molecule has 2 aromatic rings. The van der Waals surface area contributed by atoms with Crippen LogP contribution in [0.1, 0.15) is 25.3 Å². The van der Waals surface area contributed by atoms with Crippen molar-refractivity contribution in [3.63, 3.8) is 0 Å². The molecule has 1 aromatic carbocycles. The molecule has 1 unspecified atom stereocenters. The molecule has 0 bridgehead atoms. The highest BCUT2D eigenvalue weighted by molar-refractivity contribution is 6.33. The second-order valence-electron chi connectivity index (χ2n) is 5.15. The van der Waals surface area contributed by atoms with Gasteiger partial charge in [0.1, 0.15) is 0 Å². The van der Waals surface area contributed by atoms with Crippen LogP contribution in [0.5, 0.6) is 0 Å². The average molecular weight is 308 g/mol. The van der Waals surface area contributed by atoms with E-state index in [0.717, 1.165) is 29.7 Å². The second-order valence-corrected chi connectivity index (χ2v) is 5.56. The van der Waals surface area contributed by atoms with E-state index in [0.29, 0.717) is 17.6 Å². The third-order valence-corrected chi connectivity index (χ3v) is 3.91. The number of rotatable bonds is 7. The Morgan fingerprint density at radius 2 is 2.14 bits per heavy atom. The van der Waals surface area contributed by atoms with Crippen LogP contribution in [-0.4, -0.2) is 27.5 Å². The van der Waals surface area contributed by atoms with E-state index in [4.69, 9.17) is 16.7 Å². The molecule has 0 aliphatic carbocycles. The fraction of sp³-hybridized carbons (Fsp3) is 0.438. The Balaban J connectivity index is 2.19. The van der Waals surface area contributed by atoms with Crippen molar-refractivity contribution in [2.45, 2.75) is 32.4 Å². The van der Waals surface area contributed by atoms with E-state index in [1.165, 1.54) is 0 Å². The Morgan fingerprint density at radius 1 is 1.38 bits per heavy atom. The zero-order valence-electron chi connectivity index (χ0n) is 12.5. The minimum absolute atomic E-state index is 0.204. The number of nitrogens with zero attached hydrogens (tertiary/aromatic N) is 2. The van der Waals surface area contributed by atoms with Crippen LogP contribution in [0.4, 0.5) is 0 Å². The van der Waals surface area contributed by atoms with Gasteiger partial charge in [-0.15, -0.1) is 0 Å². The minimum atomic E-state index is 0.204. The number of aryl methyl sites for hydroxylation is 1. The van der Waals surface area contributed by atoms with Gasteiger partial charge in [-0.2, -0.15) is 5.10 Å². The molecule has 0 saturated heterocycles. The summed E-state index contributed by atoms with van der Waals surface area (Å²) in [5.41, 5.74) is 2.98. The van der Waals surface area contributed by atoms with Gasteiger partial charge in [0.05, 0.1) is 10.7 Å². The summed E-state index contributed by atoms with van der Waals surface area (Å²) in [6.07, 6.45) is 3.76. The van der Waals surface area contributed by atoms with E-state index in [-0.39, 0.29) is 6.61 Å². The lowest BCUT2D eigenvalue weighted by molar-refractivity contribution is 0.262. The first-order chi connectivity index (χ1) is 10.2. The molecule has 2 N–H and O–H groups in total. The molecule has 2 rings (SSSR count). The van der Waals surface area contributed by atoms with E-state index >= 15 is 0 Å². The Kier molecular flexibility index (Phi) is 5.79. The summed E-state index contributed by atoms with van der Waals surface area (Å²) in [6.45, 7) is 3.04. The standard InChI is InChI=1S/C16H22ClN3O/c1-3-13(8-9-21)18-10-12-11-20(2)19-16(12)14-6-4-5-7-15(14)17/h4-7,11,13,18,21H,3,8-10H2,1-2H3. The molecular formula is C16H22ClN3O. The predicted molar refractivity (Wildman–Crippen MR) is 86.3 cm³/mol. The number of hydrogen-bond donors (Lipinski definition) is 2. The SMILES string of the molecule is CCC(CCO)NCc1cn(C)nc1-c1ccccc1Cl. The topological polar surface area (TPSA) is 50.1 Å². The first-order valence-electron chi connectivity index (χ1n) is 7.27. The van der Waals surface area contributed by atoms with Gasteiger partial charge in [-0.25, -0.2) is 0 Å². The van der Waals surface area contributed by atoms with Crippen LogP contribution in [0.2, 0.25) is 5.02 Å². The number of aliphatic hydroxyl groups is 1. The number of halogens is 1. The quantitative estimate of drug-likeness (QED) is 0.827. The van der Waals surface area contributed by atoms with Crippen molar-refractivity contribution >= 4 is 11.6 Å². The fourth-order valence-corrected chi connectivity index (χ4v) is 2.63. The van der Waals surface area contributed by atoms with Gasteiger partial charge < -0.3 is 10.4 Å². The molecule has 0 saturated carbocycles. The number of hydrogen-bond acceptors (Lipinski definition) is 3. The summed E-state index contributed by atoms with van der Waals surface area (Å²) in [4.78, 5) is 0. The van der Waals surface area contributed by atoms with Crippen LogP contribution in [0, 0.1) is 0 Å². The summed E-state index contributed by atoms with van der Waals surface area (Å²) < 4.78 is 1.81. The number of nitrogens with one attached hydrogen (secondary N) is 1. The third kappa shape index (κ3) is 4.06. The van der Waals surface area contributed by atoms with Crippen molar-refractivity contribution < 1.29 is 5.11 Å². The van der Waals surface area contributed by atoms with Crippen molar-refractivity contribution in [2.24, 2.45) is 7.05 Å². The highest BCUT2D eigenvalue weighted by Crippen LogP contribution is 2.28. The first-order valence-corrected chi connectivity index (χ1v) is 7.65. The highest BCUT2D eigenvalue weighted by Gasteiger charge is 2.14. The maximum Gasteiger partial charge on any atom is 0.0982 e. The first kappa shape index (κ1) is 16.0. The van der Waals surface area contributed by atoms with Crippen molar-refractivity contribution in [1.82, 2.24) is 15.1 Å². The Bertz CT molecular complexity index is 583. The molecule has 1 atom stereocenters. The molecule has 0 radical (unpaired) electrons. The van der Waals surface area contributed by atoms with Crippen molar-refractivity contribution in [2.75, 3.05) is 6.61 Å². The molecule has 0 aliphatic rings. The van der Waals surface area contributed by atoms with Crippen LogP contribution < -0.4 is 5.32 Å². The molecule has 5 heteroatoms. The predicted octanol–water partition coefficient (Wildman–Crippen LogP) is 2.99. The van der Waals surface area contributed by atoms with Gasteiger partial charge in [0, 0.05) is 43.6 Å². The van der Waals surface area contributed by atoms with Crippen molar-refractivity contribution in [1.29, 1.82) is 0 Å². The Morgan fingerprint density at radius 3 is 2.81 bits per heavy atom. The summed E-state index contributed by atoms with van der Waals surface area (Å²) in [6, 6.07) is 8.06. The van der Waals surface area contributed by atoms with Gasteiger partial charge in [-0.05, 0) is 18.9 Å². The molecule has 114 valence electrons. The van der Waals surface area contributed by atoms with Crippen LogP contribution in [-0.2, 0) is 13.6 Å². The van der Waals surface area contributed by atoms with Crippen LogP contribution in [0.15, 0.2) is 30.5 Å². The van der Waals surface area contributed by atoms with Crippen LogP contribution >= 0.6 is 11.6 Å². The van der Waals surface area contributed by atoms with Gasteiger partial charge >= 0.3 is 0 Å². The van der Waals surface area contributed by atoms with Crippen LogP contribution in [0.25, 0.3) is 11.3 Å². The monoisotopic (exact) mass is 307 g/mol. The van der Waals surface area contributed by atoms with Gasteiger partial charge in [0.2, 0.25) is 0 Å². The van der Waals surface area contributed by atoms with E-state index < -0.39 is 0 Å². The summed E-state index contributed by atoms with van der Waals surface area (Å²) in [5, 5.41) is 17.8. The molecule has 0 spiro atoms. The van der Waals surface area contributed by atoms with Gasteiger partial charge in [0.25, 0.3) is 0 Å². The van der Waals surface area contributed by atoms with Crippen molar-refractivity contribution in [3.05, 3.63) is 41.0 Å². The normalized spacial score (nSPS) is 12.6. The fourth-order valence-electron chi connectivity index (χ4n) is 2.41. The Hall–Kier alpha value is -1.36. The summed E-state index contributed by atoms with van der Waals surface area (Å²) in [7, 11) is 1.91. The molecule has 21 heavy (non-hydrogen) atoms. The maximum atomic E-state index is 9.06. The van der Waals surface area contributed by atoms with E-state index in [9.17, 15) is 0 Å². The van der Waals surface area contributed by atoms with Crippen LogP contribution in [0.3, 0.4) is 0 Å². The van der Waals surface area contributed by atoms with Crippen molar-refractivity contribution in [3.8, 4) is 11.3 Å². The lowest BCUT2D eigenvalue weighted by Crippen LogP contribution is -2.28. The molecule has 0 aliphatic heterocycles. The Labute approximate surface area is 130 Å². The largest absolute Gasteiger partial charge is 0.396 e. The summed E-state index contributed by atoms with van der Waals surface area (Å²) >= 11 is 6.28. The molecule has 1 aromatic heterocycles. The lowest BCUT2D eigenvalue weighted by Gasteiger charge is -2.15. The lowest BCUT2D eigenvalue weighted by atomic mass is 10.1. The zero-order chi connectivity index (χ0) is 15.2. The van der Waals surface area contributed by atoms with E-state index in [1.54, 1.807) is 0 Å². The average Bonchev–Trinajstić information content (AvgIpc) is 2.84. The summed E-state index contributed by atoms with van der Waals surface area (Å²) in [5.74, 6) is 0. The van der Waals surface area contributed by atoms with Gasteiger partial charge in [-0.3, -0.25) is 4.68 Å². The zero-order valence-corrected chi connectivity index (χ0v) is 13.3. The maximum absolute atomic E-state index is 9.06. The molecule has 0 amide bonds. The van der Waals surface area contributed by atoms with Gasteiger partial charge in [0.15, 0.2) is 0 Å². The van der Waals surface area contributed by atoms with E-state index in [2.05, 4.69) is 17.3 Å². The number of aliphatic hydroxyl groups excluding tert-OH is 1. The molecule has 1 heterocycles. The molecule has 0 fully saturated rings. The highest BCUT2D eigenvalue weighted by atomic mass is 35.5. The smallest absolute Gasteiger partial charge is 0.0982 e. The van der Waals surface area contributed by atoms with E-state index in [1.807, 2.05) is 42.2 Å². The second kappa shape index (κ2) is 7.59. The number of benzene rings is 1. The third-order valence-electron chi connectivity index (χ3n) is 3.59. The molecule has 4 nitrogen and oxygen atoms in total. The number of aromatic nitrogens is 2. The molecular weight excluding hydrogens is 286 g/mol. The minimum Gasteiger partial charge on any atom is -0.396 e. The van der Waals surface area contributed by atoms with Gasteiger partial charge in [-0.1, -0.05) is 36.7 Å².